The van der Waals surface area contributed by atoms with Gasteiger partial charge in [-0.3, -0.25) is 18.7 Å². The van der Waals surface area contributed by atoms with Crippen LogP contribution in [0.4, 0.5) is 0 Å². The van der Waals surface area contributed by atoms with E-state index >= 15 is 0 Å². The van der Waals surface area contributed by atoms with Gasteiger partial charge in [0.25, 0.3) is 0 Å². The highest BCUT2D eigenvalue weighted by Crippen LogP contribution is 2.20. The van der Waals surface area contributed by atoms with Gasteiger partial charge in [-0.25, -0.2) is 4.98 Å². The Morgan fingerprint density at radius 3 is 2.76 bits per heavy atom. The third-order valence-corrected chi connectivity index (χ3v) is 4.96. The molecule has 25 heavy (non-hydrogen) atoms. The topological polar surface area (TPSA) is 81.3 Å². The number of Topliss-reactive ketones (excluding diaryl/α,β-unsaturated/α-hetero) is 1. The quantitative estimate of drug-likeness (QED) is 0.686. The maximum Gasteiger partial charge on any atom is 0.222 e. The summed E-state index contributed by atoms with van der Waals surface area (Å²) in [6.45, 7) is 7.54. The first-order chi connectivity index (χ1) is 11.9. The number of nitrogens with one attached hydrogen (secondary N) is 1. The first-order valence-electron chi connectivity index (χ1n) is 8.11. The second kappa shape index (κ2) is 6.79. The predicted molar refractivity (Wildman–Crippen MR) is 95.9 cm³/mol. The number of hydrogen-bond acceptors (Lipinski definition) is 5. The SMILES string of the molecule is CC(=O)c1c(C)nn([C@H](C)CC(=O)NCc2cn3ccsc3n2)c1C. The Hall–Kier alpha value is -2.48. The van der Waals surface area contributed by atoms with E-state index in [2.05, 4.69) is 15.4 Å². The average Bonchev–Trinajstić information content (AvgIpc) is 3.18. The van der Waals surface area contributed by atoms with E-state index < -0.39 is 0 Å². The molecule has 0 unspecified atom stereocenters. The minimum Gasteiger partial charge on any atom is -0.350 e. The molecular weight excluding hydrogens is 338 g/mol. The van der Waals surface area contributed by atoms with Crippen LogP contribution in [-0.2, 0) is 11.3 Å². The molecule has 3 rings (SSSR count). The first-order valence-corrected chi connectivity index (χ1v) is 8.99. The van der Waals surface area contributed by atoms with E-state index in [0.29, 0.717) is 24.2 Å². The Labute approximate surface area is 149 Å². The standard InChI is InChI=1S/C17H21N5O2S/c1-10(22-12(3)16(13(4)23)11(2)20-22)7-15(24)18-8-14-9-21-5-6-25-17(21)19-14/h5-6,9-10H,7-8H2,1-4H3,(H,18,24)/t10-/m1/s1. The van der Waals surface area contributed by atoms with Crippen LogP contribution in [-0.4, -0.2) is 30.9 Å². The number of thiazole rings is 1. The van der Waals surface area contributed by atoms with Crippen molar-refractivity contribution in [1.82, 2.24) is 24.5 Å². The van der Waals surface area contributed by atoms with Crippen LogP contribution in [0.15, 0.2) is 17.8 Å². The fraction of sp³-hybridized carbons (Fsp3) is 0.412. The Morgan fingerprint density at radius 2 is 2.12 bits per heavy atom. The molecule has 1 amide bonds. The lowest BCUT2D eigenvalue weighted by molar-refractivity contribution is -0.122. The van der Waals surface area contributed by atoms with Crippen molar-refractivity contribution in [3.05, 3.63) is 40.4 Å². The molecule has 8 heteroatoms. The largest absolute Gasteiger partial charge is 0.350 e. The molecule has 0 bridgehead atoms. The van der Waals surface area contributed by atoms with E-state index in [1.807, 2.05) is 42.9 Å². The van der Waals surface area contributed by atoms with Gasteiger partial charge in [0.2, 0.25) is 5.91 Å². The highest BCUT2D eigenvalue weighted by Gasteiger charge is 2.20. The number of amides is 1. The molecule has 132 valence electrons. The summed E-state index contributed by atoms with van der Waals surface area (Å²) >= 11 is 1.56. The van der Waals surface area contributed by atoms with E-state index in [1.54, 1.807) is 16.0 Å². The number of ketones is 1. The Balaban J connectivity index is 1.61. The van der Waals surface area contributed by atoms with Crippen LogP contribution in [0.1, 0.15) is 53.7 Å². The van der Waals surface area contributed by atoms with Gasteiger partial charge >= 0.3 is 0 Å². The lowest BCUT2D eigenvalue weighted by Crippen LogP contribution is -2.26. The molecule has 0 saturated carbocycles. The van der Waals surface area contributed by atoms with Crippen LogP contribution in [0.2, 0.25) is 0 Å². The molecule has 0 aliphatic heterocycles. The minimum atomic E-state index is -0.128. The highest BCUT2D eigenvalue weighted by molar-refractivity contribution is 7.15. The van der Waals surface area contributed by atoms with E-state index in [9.17, 15) is 9.59 Å². The van der Waals surface area contributed by atoms with Crippen molar-refractivity contribution in [1.29, 1.82) is 0 Å². The van der Waals surface area contributed by atoms with Crippen LogP contribution in [0.5, 0.6) is 0 Å². The summed E-state index contributed by atoms with van der Waals surface area (Å²) < 4.78 is 3.70. The van der Waals surface area contributed by atoms with Crippen molar-refractivity contribution in [2.45, 2.75) is 46.7 Å². The fourth-order valence-corrected chi connectivity index (χ4v) is 3.80. The summed E-state index contributed by atoms with van der Waals surface area (Å²) in [7, 11) is 0. The van der Waals surface area contributed by atoms with Crippen LogP contribution >= 0.6 is 11.3 Å². The van der Waals surface area contributed by atoms with E-state index in [4.69, 9.17) is 0 Å². The van der Waals surface area contributed by atoms with Crippen LogP contribution in [0.3, 0.4) is 0 Å². The van der Waals surface area contributed by atoms with Crippen molar-refractivity contribution in [2.24, 2.45) is 0 Å². The maximum absolute atomic E-state index is 12.2. The zero-order valence-electron chi connectivity index (χ0n) is 14.7. The van der Waals surface area contributed by atoms with Gasteiger partial charge in [-0.1, -0.05) is 0 Å². The molecule has 0 aromatic carbocycles. The smallest absolute Gasteiger partial charge is 0.222 e. The van der Waals surface area contributed by atoms with E-state index in [0.717, 1.165) is 16.3 Å². The number of hydrogen-bond donors (Lipinski definition) is 1. The summed E-state index contributed by atoms with van der Waals surface area (Å²) in [5, 5.41) is 9.29. The molecule has 0 aliphatic carbocycles. The number of imidazole rings is 1. The van der Waals surface area contributed by atoms with Gasteiger partial charge in [-0.15, -0.1) is 11.3 Å². The Morgan fingerprint density at radius 1 is 1.36 bits per heavy atom. The number of fused-ring (bicyclic) bond motifs is 1. The lowest BCUT2D eigenvalue weighted by atomic mass is 10.1. The lowest BCUT2D eigenvalue weighted by Gasteiger charge is -2.14. The molecule has 0 aliphatic rings. The molecule has 0 radical (unpaired) electrons. The summed E-state index contributed by atoms with van der Waals surface area (Å²) in [6, 6.07) is -0.128. The molecular formula is C17H21N5O2S. The second-order valence-corrected chi connectivity index (χ2v) is 7.07. The summed E-state index contributed by atoms with van der Waals surface area (Å²) in [5.74, 6) is -0.0709. The fourth-order valence-electron chi connectivity index (χ4n) is 3.08. The van der Waals surface area contributed by atoms with Crippen molar-refractivity contribution < 1.29 is 9.59 Å². The molecule has 1 atom stereocenters. The Bertz CT molecular complexity index is 908. The summed E-state index contributed by atoms with van der Waals surface area (Å²) in [5.41, 5.74) is 2.98. The molecule has 7 nitrogen and oxygen atoms in total. The molecule has 1 N–H and O–H groups in total. The van der Waals surface area contributed by atoms with E-state index in [1.165, 1.54) is 6.92 Å². The first kappa shape index (κ1) is 17.3. The number of carbonyl (C=O) groups excluding carboxylic acids is 2. The normalized spacial score (nSPS) is 12.5. The van der Waals surface area contributed by atoms with Gasteiger partial charge in [0.15, 0.2) is 10.7 Å². The number of aryl methyl sites for hydroxylation is 1. The zero-order valence-corrected chi connectivity index (χ0v) is 15.6. The van der Waals surface area contributed by atoms with Gasteiger partial charge in [-0.05, 0) is 27.7 Å². The molecule has 0 saturated heterocycles. The van der Waals surface area contributed by atoms with Gasteiger partial charge in [-0.2, -0.15) is 5.10 Å². The van der Waals surface area contributed by atoms with Crippen molar-refractivity contribution in [2.75, 3.05) is 0 Å². The van der Waals surface area contributed by atoms with Crippen LogP contribution in [0, 0.1) is 13.8 Å². The number of rotatable bonds is 6. The number of nitrogens with zero attached hydrogens (tertiary/aromatic N) is 4. The van der Waals surface area contributed by atoms with Crippen molar-refractivity contribution >= 4 is 28.0 Å². The number of aromatic nitrogens is 4. The monoisotopic (exact) mass is 359 g/mol. The summed E-state index contributed by atoms with van der Waals surface area (Å²) in [4.78, 5) is 29.3. The minimum absolute atomic E-state index is 0.00217. The van der Waals surface area contributed by atoms with Crippen molar-refractivity contribution in [3.63, 3.8) is 0 Å². The third-order valence-electron chi connectivity index (χ3n) is 4.19. The third kappa shape index (κ3) is 3.48. The second-order valence-electron chi connectivity index (χ2n) is 6.20. The average molecular weight is 359 g/mol. The highest BCUT2D eigenvalue weighted by atomic mass is 32.1. The van der Waals surface area contributed by atoms with Crippen LogP contribution < -0.4 is 5.32 Å². The van der Waals surface area contributed by atoms with Gasteiger partial charge in [0.1, 0.15) is 0 Å². The molecule has 0 spiro atoms. The molecule has 3 aromatic heterocycles. The number of carbonyl (C=O) groups is 2. The summed E-state index contributed by atoms with van der Waals surface area (Å²) in [6.07, 6.45) is 4.15. The Kier molecular flexibility index (Phi) is 4.71. The maximum atomic E-state index is 12.2. The van der Waals surface area contributed by atoms with Gasteiger partial charge in [0, 0.05) is 29.9 Å². The van der Waals surface area contributed by atoms with E-state index in [-0.39, 0.29) is 17.7 Å². The molecule has 0 fully saturated rings. The molecule has 3 aromatic rings. The zero-order chi connectivity index (χ0) is 18.1. The predicted octanol–water partition coefficient (Wildman–Crippen LogP) is 2.68. The van der Waals surface area contributed by atoms with Gasteiger partial charge < -0.3 is 5.32 Å². The molecule has 3 heterocycles. The van der Waals surface area contributed by atoms with Gasteiger partial charge in [0.05, 0.1) is 29.5 Å². The van der Waals surface area contributed by atoms with Crippen LogP contribution in [0.25, 0.3) is 4.96 Å². The van der Waals surface area contributed by atoms with Crippen molar-refractivity contribution in [3.8, 4) is 0 Å².